The van der Waals surface area contributed by atoms with E-state index < -0.39 is 29.9 Å². The molecule has 0 fully saturated rings. The molecule has 0 aromatic rings. The van der Waals surface area contributed by atoms with Crippen LogP contribution in [0.5, 0.6) is 0 Å². The number of methoxy groups -OCH3 is 1. The van der Waals surface area contributed by atoms with Crippen molar-refractivity contribution in [2.45, 2.75) is 32.9 Å². The SMILES string of the molecule is CCOC(=O)C(N)C(=O)N[C@H](C(=O)OC)C(C)C. The highest BCUT2D eigenvalue weighted by molar-refractivity contribution is 6.02. The monoisotopic (exact) mass is 260 g/mol. The van der Waals surface area contributed by atoms with E-state index in [4.69, 9.17) is 5.73 Å². The maximum atomic E-state index is 11.6. The predicted molar refractivity (Wildman–Crippen MR) is 63.4 cm³/mol. The van der Waals surface area contributed by atoms with Crippen LogP contribution >= 0.6 is 0 Å². The second-order valence-corrected chi connectivity index (χ2v) is 3.98. The van der Waals surface area contributed by atoms with Gasteiger partial charge in [0.15, 0.2) is 6.04 Å². The second-order valence-electron chi connectivity index (χ2n) is 3.98. The summed E-state index contributed by atoms with van der Waals surface area (Å²) in [5.74, 6) is -2.37. The fourth-order valence-electron chi connectivity index (χ4n) is 1.21. The van der Waals surface area contributed by atoms with Crippen molar-refractivity contribution in [3.05, 3.63) is 0 Å². The largest absolute Gasteiger partial charge is 0.467 e. The van der Waals surface area contributed by atoms with Gasteiger partial charge >= 0.3 is 11.9 Å². The first-order valence-corrected chi connectivity index (χ1v) is 5.65. The fraction of sp³-hybridized carbons (Fsp3) is 0.727. The Balaban J connectivity index is 4.60. The number of ether oxygens (including phenoxy) is 2. The lowest BCUT2D eigenvalue weighted by Gasteiger charge is -2.21. The highest BCUT2D eigenvalue weighted by Crippen LogP contribution is 2.04. The van der Waals surface area contributed by atoms with E-state index in [0.29, 0.717) is 0 Å². The van der Waals surface area contributed by atoms with Crippen molar-refractivity contribution in [2.75, 3.05) is 13.7 Å². The Morgan fingerprint density at radius 3 is 2.17 bits per heavy atom. The molecule has 0 heterocycles. The van der Waals surface area contributed by atoms with Crippen molar-refractivity contribution >= 4 is 17.8 Å². The van der Waals surface area contributed by atoms with Crippen LogP contribution in [0.15, 0.2) is 0 Å². The van der Waals surface area contributed by atoms with Crippen LogP contribution in [0.4, 0.5) is 0 Å². The topological polar surface area (TPSA) is 108 Å². The standard InChI is InChI=1S/C11H20N2O5/c1-5-18-10(15)7(12)9(14)13-8(6(2)3)11(16)17-4/h6-8H,5,12H2,1-4H3,(H,13,14)/t7?,8-/m0/s1. The van der Waals surface area contributed by atoms with E-state index in [9.17, 15) is 14.4 Å². The van der Waals surface area contributed by atoms with Gasteiger partial charge in [0.1, 0.15) is 6.04 Å². The Bertz CT molecular complexity index is 317. The molecule has 0 aliphatic heterocycles. The van der Waals surface area contributed by atoms with Gasteiger partial charge in [-0.25, -0.2) is 9.59 Å². The van der Waals surface area contributed by atoms with Gasteiger partial charge in [0, 0.05) is 0 Å². The highest BCUT2D eigenvalue weighted by Gasteiger charge is 2.30. The fourth-order valence-corrected chi connectivity index (χ4v) is 1.21. The molecule has 0 rings (SSSR count). The molecule has 1 amide bonds. The molecule has 7 nitrogen and oxygen atoms in total. The summed E-state index contributed by atoms with van der Waals surface area (Å²) in [4.78, 5) is 34.3. The van der Waals surface area contributed by atoms with E-state index in [-0.39, 0.29) is 12.5 Å². The average molecular weight is 260 g/mol. The Labute approximate surface area is 106 Å². The quantitative estimate of drug-likeness (QED) is 0.477. The molecular weight excluding hydrogens is 240 g/mol. The van der Waals surface area contributed by atoms with Crippen molar-refractivity contribution in [3.8, 4) is 0 Å². The summed E-state index contributed by atoms with van der Waals surface area (Å²) in [6, 6.07) is -2.29. The van der Waals surface area contributed by atoms with E-state index in [2.05, 4.69) is 14.8 Å². The van der Waals surface area contributed by atoms with Crippen molar-refractivity contribution in [2.24, 2.45) is 11.7 Å². The first kappa shape index (κ1) is 16.4. The average Bonchev–Trinajstić information content (AvgIpc) is 2.33. The molecule has 0 aromatic carbocycles. The normalized spacial score (nSPS) is 13.7. The third kappa shape index (κ3) is 4.70. The van der Waals surface area contributed by atoms with Gasteiger partial charge in [-0.2, -0.15) is 0 Å². The van der Waals surface area contributed by atoms with Crippen LogP contribution in [0.2, 0.25) is 0 Å². The Kier molecular flexibility index (Phi) is 6.96. The van der Waals surface area contributed by atoms with Crippen LogP contribution < -0.4 is 11.1 Å². The first-order chi connectivity index (χ1) is 8.34. The van der Waals surface area contributed by atoms with Crippen LogP contribution in [-0.2, 0) is 23.9 Å². The molecular formula is C11H20N2O5. The van der Waals surface area contributed by atoms with Crippen molar-refractivity contribution < 1.29 is 23.9 Å². The zero-order chi connectivity index (χ0) is 14.3. The molecule has 0 radical (unpaired) electrons. The lowest BCUT2D eigenvalue weighted by molar-refractivity contribution is -0.151. The van der Waals surface area contributed by atoms with Crippen LogP contribution in [0.1, 0.15) is 20.8 Å². The number of nitrogens with one attached hydrogen (secondary N) is 1. The molecule has 0 bridgehead atoms. The molecule has 0 aliphatic rings. The summed E-state index contributed by atoms with van der Waals surface area (Å²) in [6.07, 6.45) is 0. The lowest BCUT2D eigenvalue weighted by Crippen LogP contribution is -2.53. The Hall–Kier alpha value is -1.63. The molecule has 7 heteroatoms. The third-order valence-corrected chi connectivity index (χ3v) is 2.24. The smallest absolute Gasteiger partial charge is 0.332 e. The predicted octanol–water partition coefficient (Wildman–Crippen LogP) is -0.809. The van der Waals surface area contributed by atoms with E-state index in [1.807, 2.05) is 0 Å². The minimum absolute atomic E-state index is 0.129. The molecule has 0 saturated heterocycles. The zero-order valence-corrected chi connectivity index (χ0v) is 11.1. The molecule has 104 valence electrons. The van der Waals surface area contributed by atoms with Crippen molar-refractivity contribution in [3.63, 3.8) is 0 Å². The molecule has 0 saturated carbocycles. The van der Waals surface area contributed by atoms with E-state index in [1.165, 1.54) is 7.11 Å². The number of hydrogen-bond donors (Lipinski definition) is 2. The molecule has 1 unspecified atom stereocenters. The second kappa shape index (κ2) is 7.65. The molecule has 3 N–H and O–H groups in total. The van der Waals surface area contributed by atoms with Gasteiger partial charge in [0.25, 0.3) is 0 Å². The summed E-state index contributed by atoms with van der Waals surface area (Å²) >= 11 is 0. The molecule has 0 spiro atoms. The molecule has 2 atom stereocenters. The van der Waals surface area contributed by atoms with Gasteiger partial charge in [0.2, 0.25) is 5.91 Å². The van der Waals surface area contributed by atoms with Gasteiger partial charge in [-0.3, -0.25) is 4.79 Å². The molecule has 0 aliphatic carbocycles. The van der Waals surface area contributed by atoms with Crippen molar-refractivity contribution in [1.82, 2.24) is 5.32 Å². The number of nitrogens with two attached hydrogens (primary N) is 1. The Morgan fingerprint density at radius 2 is 1.78 bits per heavy atom. The highest BCUT2D eigenvalue weighted by atomic mass is 16.5. The van der Waals surface area contributed by atoms with Crippen LogP contribution in [0, 0.1) is 5.92 Å². The number of hydrogen-bond acceptors (Lipinski definition) is 6. The van der Waals surface area contributed by atoms with Gasteiger partial charge in [-0.1, -0.05) is 13.8 Å². The van der Waals surface area contributed by atoms with Crippen LogP contribution in [0.3, 0.4) is 0 Å². The minimum Gasteiger partial charge on any atom is -0.467 e. The Morgan fingerprint density at radius 1 is 1.22 bits per heavy atom. The van der Waals surface area contributed by atoms with Gasteiger partial charge in [-0.05, 0) is 12.8 Å². The van der Waals surface area contributed by atoms with Gasteiger partial charge in [-0.15, -0.1) is 0 Å². The van der Waals surface area contributed by atoms with Gasteiger partial charge < -0.3 is 20.5 Å². The van der Waals surface area contributed by atoms with Crippen molar-refractivity contribution in [1.29, 1.82) is 0 Å². The summed E-state index contributed by atoms with van der Waals surface area (Å²) < 4.78 is 9.16. The number of rotatable bonds is 6. The maximum Gasteiger partial charge on any atom is 0.332 e. The number of esters is 2. The van der Waals surface area contributed by atoms with E-state index in [1.54, 1.807) is 20.8 Å². The summed E-state index contributed by atoms with van der Waals surface area (Å²) in [5.41, 5.74) is 5.40. The number of carbonyl (C=O) groups excluding carboxylic acids is 3. The summed E-state index contributed by atoms with van der Waals surface area (Å²) in [7, 11) is 1.22. The van der Waals surface area contributed by atoms with E-state index in [0.717, 1.165) is 0 Å². The first-order valence-electron chi connectivity index (χ1n) is 5.65. The number of amides is 1. The molecule has 0 aromatic heterocycles. The third-order valence-electron chi connectivity index (χ3n) is 2.24. The zero-order valence-electron chi connectivity index (χ0n) is 11.1. The van der Waals surface area contributed by atoms with Crippen LogP contribution in [0.25, 0.3) is 0 Å². The lowest BCUT2D eigenvalue weighted by atomic mass is 10.0. The van der Waals surface area contributed by atoms with E-state index >= 15 is 0 Å². The van der Waals surface area contributed by atoms with Crippen LogP contribution in [-0.4, -0.2) is 43.6 Å². The maximum absolute atomic E-state index is 11.6. The van der Waals surface area contributed by atoms with Gasteiger partial charge in [0.05, 0.1) is 13.7 Å². The summed E-state index contributed by atoms with van der Waals surface area (Å²) in [5, 5.41) is 2.37. The summed E-state index contributed by atoms with van der Waals surface area (Å²) in [6.45, 7) is 5.20. The minimum atomic E-state index is -1.45. The number of carbonyl (C=O) groups is 3. The molecule has 18 heavy (non-hydrogen) atoms.